The molecule has 0 amide bonds. The SMILES string of the molecule is C[Si](C)(C)O[SiH](O[Si](C)(C)C)c1cccc(CCCN)c1. The molecule has 0 saturated heterocycles. The van der Waals surface area contributed by atoms with Crippen LogP contribution in [0, 0.1) is 0 Å². The van der Waals surface area contributed by atoms with E-state index in [2.05, 4.69) is 63.5 Å². The van der Waals surface area contributed by atoms with Crippen molar-refractivity contribution in [3.8, 4) is 0 Å². The van der Waals surface area contributed by atoms with Gasteiger partial charge in [0, 0.05) is 0 Å². The molecule has 120 valence electrons. The largest absolute Gasteiger partial charge is 0.436 e. The highest BCUT2D eigenvalue weighted by Crippen LogP contribution is 2.13. The molecule has 0 radical (unpaired) electrons. The molecule has 1 aromatic rings. The van der Waals surface area contributed by atoms with E-state index in [4.69, 9.17) is 14.0 Å². The van der Waals surface area contributed by atoms with E-state index in [-0.39, 0.29) is 0 Å². The average molecular weight is 342 g/mol. The predicted molar refractivity (Wildman–Crippen MR) is 99.5 cm³/mol. The average Bonchev–Trinajstić information content (AvgIpc) is 2.32. The Bertz CT molecular complexity index is 425. The lowest BCUT2D eigenvalue weighted by molar-refractivity contribution is 0.436. The summed E-state index contributed by atoms with van der Waals surface area (Å²) in [6, 6.07) is 8.74. The molecular weight excluding hydrogens is 310 g/mol. The number of nitrogens with two attached hydrogens (primary N) is 1. The fraction of sp³-hybridized carbons (Fsp3) is 0.600. The van der Waals surface area contributed by atoms with Crippen molar-refractivity contribution in [1.82, 2.24) is 0 Å². The van der Waals surface area contributed by atoms with Gasteiger partial charge < -0.3 is 14.0 Å². The first-order valence-corrected chi connectivity index (χ1v) is 16.1. The number of benzene rings is 1. The van der Waals surface area contributed by atoms with Crippen LogP contribution in [0.4, 0.5) is 0 Å². The Hall–Kier alpha value is -0.249. The third-order valence-electron chi connectivity index (χ3n) is 2.81. The Morgan fingerprint density at radius 2 is 1.57 bits per heavy atom. The normalized spacial score (nSPS) is 13.0. The van der Waals surface area contributed by atoms with E-state index in [1.807, 2.05) is 0 Å². The lowest BCUT2D eigenvalue weighted by atomic mass is 10.1. The van der Waals surface area contributed by atoms with Crippen molar-refractivity contribution in [2.45, 2.75) is 52.1 Å². The molecule has 0 unspecified atom stereocenters. The zero-order valence-electron chi connectivity index (χ0n) is 14.4. The molecule has 3 nitrogen and oxygen atoms in total. The standard InChI is InChI=1S/C15H31NO2Si3/c1-20(2,3)17-19(18-21(4,5)6)15-11-7-9-14(13-15)10-8-12-16/h7,9,11,13,19H,8,10,12,16H2,1-6H3. The summed E-state index contributed by atoms with van der Waals surface area (Å²) in [5, 5.41) is 1.27. The third kappa shape index (κ3) is 8.08. The van der Waals surface area contributed by atoms with Crippen LogP contribution in [0.25, 0.3) is 0 Å². The summed E-state index contributed by atoms with van der Waals surface area (Å²) in [6.07, 6.45) is 2.06. The molecule has 2 N–H and O–H groups in total. The van der Waals surface area contributed by atoms with Gasteiger partial charge in [-0.3, -0.25) is 0 Å². The maximum absolute atomic E-state index is 6.42. The van der Waals surface area contributed by atoms with Crippen molar-refractivity contribution in [3.63, 3.8) is 0 Å². The molecule has 0 heterocycles. The van der Waals surface area contributed by atoms with Gasteiger partial charge in [0.2, 0.25) is 0 Å². The smallest absolute Gasteiger partial charge is 0.335 e. The molecule has 0 saturated carbocycles. The van der Waals surface area contributed by atoms with Crippen molar-refractivity contribution in [2.24, 2.45) is 5.73 Å². The van der Waals surface area contributed by atoms with E-state index in [0.29, 0.717) is 0 Å². The number of aryl methyl sites for hydroxylation is 1. The highest BCUT2D eigenvalue weighted by atomic mass is 28.4. The van der Waals surface area contributed by atoms with Crippen LogP contribution in [-0.2, 0) is 14.7 Å². The monoisotopic (exact) mass is 341 g/mol. The fourth-order valence-corrected chi connectivity index (χ4v) is 9.47. The van der Waals surface area contributed by atoms with Crippen LogP contribution < -0.4 is 10.9 Å². The maximum atomic E-state index is 6.42. The van der Waals surface area contributed by atoms with Gasteiger partial charge in [-0.2, -0.15) is 0 Å². The third-order valence-corrected chi connectivity index (χ3v) is 11.1. The number of hydrogen-bond donors (Lipinski definition) is 1. The summed E-state index contributed by atoms with van der Waals surface area (Å²) in [5.41, 5.74) is 6.95. The van der Waals surface area contributed by atoms with Crippen LogP contribution in [0.3, 0.4) is 0 Å². The van der Waals surface area contributed by atoms with Crippen molar-refractivity contribution < 1.29 is 8.23 Å². The Balaban J connectivity index is 2.96. The predicted octanol–water partition coefficient (Wildman–Crippen LogP) is 2.71. The second-order valence-corrected chi connectivity index (χ2v) is 19.1. The Labute approximate surface area is 134 Å². The van der Waals surface area contributed by atoms with Crippen molar-refractivity contribution >= 4 is 31.1 Å². The van der Waals surface area contributed by atoms with E-state index in [9.17, 15) is 0 Å². The van der Waals surface area contributed by atoms with Crippen LogP contribution in [-0.4, -0.2) is 32.5 Å². The lowest BCUT2D eigenvalue weighted by Crippen LogP contribution is -2.50. The van der Waals surface area contributed by atoms with Crippen molar-refractivity contribution in [2.75, 3.05) is 6.54 Å². The molecule has 0 fully saturated rings. The summed E-state index contributed by atoms with van der Waals surface area (Å²) in [6.45, 7) is 14.1. The summed E-state index contributed by atoms with van der Waals surface area (Å²) < 4.78 is 12.8. The van der Waals surface area contributed by atoms with E-state index >= 15 is 0 Å². The molecule has 0 atom stereocenters. The van der Waals surface area contributed by atoms with Crippen molar-refractivity contribution in [3.05, 3.63) is 29.8 Å². The van der Waals surface area contributed by atoms with Crippen LogP contribution >= 0.6 is 0 Å². The zero-order valence-corrected chi connectivity index (χ0v) is 17.6. The Morgan fingerprint density at radius 3 is 2.05 bits per heavy atom. The van der Waals surface area contributed by atoms with Gasteiger partial charge >= 0.3 is 9.28 Å². The molecule has 6 heteroatoms. The van der Waals surface area contributed by atoms with Crippen LogP contribution in [0.2, 0.25) is 39.3 Å². The molecule has 0 aliphatic heterocycles. The second kappa shape index (κ2) is 7.85. The molecule has 0 aliphatic carbocycles. The van der Waals surface area contributed by atoms with Gasteiger partial charge in [0.1, 0.15) is 0 Å². The summed E-state index contributed by atoms with van der Waals surface area (Å²) in [5.74, 6) is 0. The molecule has 0 bridgehead atoms. The van der Waals surface area contributed by atoms with E-state index < -0.39 is 25.9 Å². The lowest BCUT2D eigenvalue weighted by Gasteiger charge is -2.31. The molecule has 0 aromatic heterocycles. The quantitative estimate of drug-likeness (QED) is 0.739. The topological polar surface area (TPSA) is 44.5 Å². The van der Waals surface area contributed by atoms with Gasteiger partial charge in [-0.1, -0.05) is 24.3 Å². The summed E-state index contributed by atoms with van der Waals surface area (Å²) >= 11 is 0. The van der Waals surface area contributed by atoms with Crippen LogP contribution in [0.15, 0.2) is 24.3 Å². The van der Waals surface area contributed by atoms with Gasteiger partial charge in [0.05, 0.1) is 0 Å². The van der Waals surface area contributed by atoms with Gasteiger partial charge in [-0.15, -0.1) is 0 Å². The molecule has 0 aliphatic rings. The van der Waals surface area contributed by atoms with Gasteiger partial charge in [0.15, 0.2) is 16.6 Å². The maximum Gasteiger partial charge on any atom is 0.335 e. The number of hydrogen-bond acceptors (Lipinski definition) is 3. The minimum absolute atomic E-state index is 0.738. The second-order valence-electron chi connectivity index (χ2n) is 7.43. The summed E-state index contributed by atoms with van der Waals surface area (Å²) in [7, 11) is -5.03. The first-order chi connectivity index (χ1) is 9.61. The highest BCUT2D eigenvalue weighted by Gasteiger charge is 2.30. The molecular formula is C15H31NO2Si3. The van der Waals surface area contributed by atoms with Gasteiger partial charge in [0.25, 0.3) is 0 Å². The highest BCUT2D eigenvalue weighted by molar-refractivity contribution is 6.85. The van der Waals surface area contributed by atoms with Crippen LogP contribution in [0.1, 0.15) is 12.0 Å². The molecule has 0 spiro atoms. The summed E-state index contributed by atoms with van der Waals surface area (Å²) in [4.78, 5) is 0. The van der Waals surface area contributed by atoms with Gasteiger partial charge in [-0.25, -0.2) is 0 Å². The Kier molecular flexibility index (Phi) is 7.02. The van der Waals surface area contributed by atoms with E-state index in [1.54, 1.807) is 0 Å². The van der Waals surface area contributed by atoms with E-state index in [1.165, 1.54) is 10.8 Å². The van der Waals surface area contributed by atoms with Crippen molar-refractivity contribution in [1.29, 1.82) is 0 Å². The van der Waals surface area contributed by atoms with E-state index in [0.717, 1.165) is 19.4 Å². The zero-order chi connectivity index (χ0) is 16.1. The molecule has 1 rings (SSSR count). The first kappa shape index (κ1) is 18.8. The minimum Gasteiger partial charge on any atom is -0.436 e. The molecule has 1 aromatic carbocycles. The Morgan fingerprint density at radius 1 is 1.00 bits per heavy atom. The van der Waals surface area contributed by atoms with Gasteiger partial charge in [-0.05, 0) is 69.4 Å². The first-order valence-electron chi connectivity index (χ1n) is 7.75. The number of rotatable bonds is 8. The van der Waals surface area contributed by atoms with Crippen LogP contribution in [0.5, 0.6) is 0 Å². The fourth-order valence-electron chi connectivity index (χ4n) is 2.00. The minimum atomic E-state index is -1.81. The molecule has 21 heavy (non-hydrogen) atoms.